The zero-order valence-electron chi connectivity index (χ0n) is 9.45. The third-order valence-corrected chi connectivity index (χ3v) is 2.66. The van der Waals surface area contributed by atoms with Crippen molar-refractivity contribution in [1.82, 2.24) is 15.1 Å². The van der Waals surface area contributed by atoms with Crippen molar-refractivity contribution in [3.8, 4) is 0 Å². The predicted octanol–water partition coefficient (Wildman–Crippen LogP) is 1.95. The molecule has 1 aromatic rings. The maximum Gasteiger partial charge on any atom is 0.0762 e. The molecule has 0 aliphatic carbocycles. The van der Waals surface area contributed by atoms with Crippen LogP contribution in [0.2, 0.25) is 0 Å². The number of aryl methyl sites for hydroxylation is 1. The van der Waals surface area contributed by atoms with Gasteiger partial charge in [0.15, 0.2) is 0 Å². The fourth-order valence-electron chi connectivity index (χ4n) is 1.54. The van der Waals surface area contributed by atoms with E-state index in [1.807, 2.05) is 17.9 Å². The Morgan fingerprint density at radius 3 is 2.64 bits per heavy atom. The summed E-state index contributed by atoms with van der Waals surface area (Å²) in [7, 11) is 1.95. The van der Waals surface area contributed by atoms with Crippen LogP contribution in [0.5, 0.6) is 0 Å². The Kier molecular flexibility index (Phi) is 4.66. The van der Waals surface area contributed by atoms with Crippen LogP contribution >= 0.6 is 0 Å². The molecular formula is C11H21N3. The molecule has 1 rings (SSSR count). The molecule has 3 heteroatoms. The molecule has 0 amide bonds. The highest BCUT2D eigenvalue weighted by Gasteiger charge is 2.02. The molecule has 0 unspecified atom stereocenters. The molecule has 0 aliphatic rings. The smallest absolute Gasteiger partial charge is 0.0762 e. The largest absolute Gasteiger partial charge is 0.311 e. The summed E-state index contributed by atoms with van der Waals surface area (Å²) in [6.07, 6.45) is 4.49. The first-order chi connectivity index (χ1) is 6.76. The van der Waals surface area contributed by atoms with Crippen LogP contribution in [-0.4, -0.2) is 16.3 Å². The van der Waals surface area contributed by atoms with Crippen molar-refractivity contribution in [2.75, 3.05) is 6.54 Å². The summed E-state index contributed by atoms with van der Waals surface area (Å²) >= 11 is 0. The van der Waals surface area contributed by atoms with Gasteiger partial charge in [0, 0.05) is 19.8 Å². The van der Waals surface area contributed by atoms with E-state index < -0.39 is 0 Å². The van der Waals surface area contributed by atoms with E-state index in [1.165, 1.54) is 12.8 Å². The first-order valence-corrected chi connectivity index (χ1v) is 5.45. The number of nitrogens with one attached hydrogen (secondary N) is 1. The van der Waals surface area contributed by atoms with Gasteiger partial charge in [0.25, 0.3) is 0 Å². The minimum Gasteiger partial charge on any atom is -0.311 e. The van der Waals surface area contributed by atoms with Crippen LogP contribution in [0.4, 0.5) is 0 Å². The van der Waals surface area contributed by atoms with Gasteiger partial charge in [-0.15, -0.1) is 0 Å². The second-order valence-corrected chi connectivity index (χ2v) is 3.79. The molecule has 0 fully saturated rings. The van der Waals surface area contributed by atoms with E-state index >= 15 is 0 Å². The number of rotatable bonds is 6. The lowest BCUT2D eigenvalue weighted by Gasteiger charge is -2.12. The number of nitrogens with zero attached hydrogens (tertiary/aromatic N) is 2. The zero-order valence-corrected chi connectivity index (χ0v) is 9.45. The van der Waals surface area contributed by atoms with Crippen LogP contribution < -0.4 is 5.32 Å². The molecule has 1 N–H and O–H groups in total. The van der Waals surface area contributed by atoms with Crippen LogP contribution in [-0.2, 0) is 13.6 Å². The average molecular weight is 195 g/mol. The van der Waals surface area contributed by atoms with Crippen LogP contribution in [0.25, 0.3) is 0 Å². The van der Waals surface area contributed by atoms with Gasteiger partial charge < -0.3 is 5.32 Å². The standard InChI is InChI=1S/C11H21N3/c1-4-10(5-2)8-12-9-11-6-7-14(3)13-11/h6-7,10,12H,4-5,8-9H2,1-3H3. The Bertz CT molecular complexity index is 251. The van der Waals surface area contributed by atoms with Crippen LogP contribution in [0.3, 0.4) is 0 Å². The van der Waals surface area contributed by atoms with Crippen LogP contribution in [0.15, 0.2) is 12.3 Å². The summed E-state index contributed by atoms with van der Waals surface area (Å²) in [6.45, 7) is 6.48. The molecule has 0 spiro atoms. The highest BCUT2D eigenvalue weighted by atomic mass is 15.3. The van der Waals surface area contributed by atoms with E-state index in [9.17, 15) is 0 Å². The van der Waals surface area contributed by atoms with E-state index in [0.29, 0.717) is 0 Å². The summed E-state index contributed by atoms with van der Waals surface area (Å²) < 4.78 is 1.84. The molecule has 0 aromatic carbocycles. The molecule has 0 saturated carbocycles. The van der Waals surface area contributed by atoms with Gasteiger partial charge >= 0.3 is 0 Å². The van der Waals surface area contributed by atoms with Gasteiger partial charge in [-0.1, -0.05) is 26.7 Å². The molecular weight excluding hydrogens is 174 g/mol. The van der Waals surface area contributed by atoms with E-state index in [-0.39, 0.29) is 0 Å². The summed E-state index contributed by atoms with van der Waals surface area (Å²) in [5.74, 6) is 0.804. The molecule has 1 aromatic heterocycles. The first-order valence-electron chi connectivity index (χ1n) is 5.45. The second kappa shape index (κ2) is 5.81. The second-order valence-electron chi connectivity index (χ2n) is 3.79. The highest BCUT2D eigenvalue weighted by molar-refractivity contribution is 4.97. The molecule has 14 heavy (non-hydrogen) atoms. The molecule has 0 atom stereocenters. The van der Waals surface area contributed by atoms with Gasteiger partial charge in [0.05, 0.1) is 5.69 Å². The normalized spacial score (nSPS) is 11.1. The van der Waals surface area contributed by atoms with Crippen molar-refractivity contribution < 1.29 is 0 Å². The zero-order chi connectivity index (χ0) is 10.4. The van der Waals surface area contributed by atoms with Crippen molar-refractivity contribution in [3.63, 3.8) is 0 Å². The van der Waals surface area contributed by atoms with E-state index in [4.69, 9.17) is 0 Å². The molecule has 0 radical (unpaired) electrons. The SMILES string of the molecule is CCC(CC)CNCc1ccn(C)n1. The summed E-state index contributed by atoms with van der Waals surface area (Å²) in [5.41, 5.74) is 1.12. The lowest BCUT2D eigenvalue weighted by atomic mass is 10.0. The Balaban J connectivity index is 2.21. The van der Waals surface area contributed by atoms with Gasteiger partial charge in [0.2, 0.25) is 0 Å². The number of aromatic nitrogens is 2. The predicted molar refractivity (Wildman–Crippen MR) is 59.0 cm³/mol. The van der Waals surface area contributed by atoms with E-state index in [1.54, 1.807) is 0 Å². The number of hydrogen-bond acceptors (Lipinski definition) is 2. The lowest BCUT2D eigenvalue weighted by molar-refractivity contribution is 0.447. The topological polar surface area (TPSA) is 29.9 Å². The third kappa shape index (κ3) is 3.50. The highest BCUT2D eigenvalue weighted by Crippen LogP contribution is 2.05. The first kappa shape index (κ1) is 11.2. The summed E-state index contributed by atoms with van der Waals surface area (Å²) in [6, 6.07) is 2.06. The molecule has 0 bridgehead atoms. The molecule has 0 saturated heterocycles. The van der Waals surface area contributed by atoms with Crippen LogP contribution in [0.1, 0.15) is 32.4 Å². The monoisotopic (exact) mass is 195 g/mol. The minimum absolute atomic E-state index is 0.804. The van der Waals surface area contributed by atoms with Crippen molar-refractivity contribution in [2.24, 2.45) is 13.0 Å². The lowest BCUT2D eigenvalue weighted by Crippen LogP contribution is -2.21. The molecule has 1 heterocycles. The maximum absolute atomic E-state index is 4.31. The molecule has 3 nitrogen and oxygen atoms in total. The quantitative estimate of drug-likeness (QED) is 0.752. The van der Waals surface area contributed by atoms with E-state index in [0.717, 1.165) is 24.7 Å². The molecule has 0 aliphatic heterocycles. The van der Waals surface area contributed by atoms with E-state index in [2.05, 4.69) is 30.3 Å². The summed E-state index contributed by atoms with van der Waals surface area (Å²) in [5, 5.41) is 7.75. The van der Waals surface area contributed by atoms with Crippen molar-refractivity contribution >= 4 is 0 Å². The molecule has 80 valence electrons. The van der Waals surface area contributed by atoms with Crippen LogP contribution in [0, 0.1) is 5.92 Å². The van der Waals surface area contributed by atoms with Crippen molar-refractivity contribution in [1.29, 1.82) is 0 Å². The number of hydrogen-bond donors (Lipinski definition) is 1. The Morgan fingerprint density at radius 1 is 1.43 bits per heavy atom. The van der Waals surface area contributed by atoms with Gasteiger partial charge in [-0.05, 0) is 18.5 Å². The third-order valence-electron chi connectivity index (χ3n) is 2.66. The Hall–Kier alpha value is -0.830. The maximum atomic E-state index is 4.31. The van der Waals surface area contributed by atoms with Gasteiger partial charge in [-0.3, -0.25) is 4.68 Å². The van der Waals surface area contributed by atoms with Crippen molar-refractivity contribution in [2.45, 2.75) is 33.2 Å². The van der Waals surface area contributed by atoms with Gasteiger partial charge in [0.1, 0.15) is 0 Å². The van der Waals surface area contributed by atoms with Crippen molar-refractivity contribution in [3.05, 3.63) is 18.0 Å². The summed E-state index contributed by atoms with van der Waals surface area (Å²) in [4.78, 5) is 0. The van der Waals surface area contributed by atoms with Gasteiger partial charge in [-0.2, -0.15) is 5.10 Å². The fourth-order valence-corrected chi connectivity index (χ4v) is 1.54. The van der Waals surface area contributed by atoms with Gasteiger partial charge in [-0.25, -0.2) is 0 Å². The fraction of sp³-hybridized carbons (Fsp3) is 0.727. The Morgan fingerprint density at radius 2 is 2.14 bits per heavy atom. The Labute approximate surface area is 86.5 Å². The minimum atomic E-state index is 0.804. The average Bonchev–Trinajstić information content (AvgIpc) is 2.59.